The van der Waals surface area contributed by atoms with Gasteiger partial charge in [-0.3, -0.25) is 4.79 Å². The molecule has 2 atom stereocenters. The summed E-state index contributed by atoms with van der Waals surface area (Å²) in [6.45, 7) is 1.98. The van der Waals surface area contributed by atoms with Gasteiger partial charge in [0.1, 0.15) is 11.9 Å². The lowest BCUT2D eigenvalue weighted by atomic mass is 10.2. The van der Waals surface area contributed by atoms with Crippen LogP contribution in [0.2, 0.25) is 0 Å². The predicted molar refractivity (Wildman–Crippen MR) is 72.9 cm³/mol. The molecule has 0 spiro atoms. The lowest BCUT2D eigenvalue weighted by Crippen LogP contribution is -2.27. The third kappa shape index (κ3) is 3.03. The van der Waals surface area contributed by atoms with Crippen LogP contribution in [0.4, 0.5) is 5.69 Å². The molecular weight excluding hydrogens is 298 g/mol. The first-order valence-corrected chi connectivity index (χ1v) is 6.69. The Morgan fingerprint density at radius 2 is 2.28 bits per heavy atom. The Kier molecular flexibility index (Phi) is 4.24. The Bertz CT molecular complexity index is 450. The zero-order chi connectivity index (χ0) is 13.1. The van der Waals surface area contributed by atoms with Crippen LogP contribution >= 0.6 is 15.9 Å². The van der Waals surface area contributed by atoms with Crippen LogP contribution in [0.25, 0.3) is 0 Å². The topological polar surface area (TPSA) is 47.6 Å². The van der Waals surface area contributed by atoms with Crippen LogP contribution in [0.1, 0.15) is 19.8 Å². The van der Waals surface area contributed by atoms with Crippen molar-refractivity contribution in [2.45, 2.75) is 32.0 Å². The molecule has 2 rings (SSSR count). The molecule has 1 fully saturated rings. The Morgan fingerprint density at radius 3 is 2.89 bits per heavy atom. The monoisotopic (exact) mass is 313 g/mol. The van der Waals surface area contributed by atoms with Crippen molar-refractivity contribution >= 4 is 27.5 Å². The number of halogens is 1. The first kappa shape index (κ1) is 13.4. The summed E-state index contributed by atoms with van der Waals surface area (Å²) in [5.74, 6) is 0.600. The molecule has 0 saturated carbocycles. The Labute approximate surface area is 115 Å². The number of rotatable bonds is 3. The summed E-state index contributed by atoms with van der Waals surface area (Å²) in [4.78, 5) is 12.0. The number of ether oxygens (including phenoxy) is 2. The van der Waals surface area contributed by atoms with E-state index in [0.717, 1.165) is 17.3 Å². The van der Waals surface area contributed by atoms with E-state index in [9.17, 15) is 4.79 Å². The number of hydrogen-bond acceptors (Lipinski definition) is 3. The van der Waals surface area contributed by atoms with Gasteiger partial charge in [0.25, 0.3) is 5.91 Å². The molecule has 2 unspecified atom stereocenters. The minimum Gasteiger partial charge on any atom is -0.497 e. The third-order valence-electron chi connectivity index (χ3n) is 2.96. The fourth-order valence-corrected chi connectivity index (χ4v) is 2.28. The highest BCUT2D eigenvalue weighted by Gasteiger charge is 2.28. The normalized spacial score (nSPS) is 22.8. The molecule has 0 aromatic heterocycles. The van der Waals surface area contributed by atoms with Crippen molar-refractivity contribution in [2.24, 2.45) is 0 Å². The van der Waals surface area contributed by atoms with Gasteiger partial charge in [-0.15, -0.1) is 0 Å². The van der Waals surface area contributed by atoms with Gasteiger partial charge in [-0.2, -0.15) is 0 Å². The van der Waals surface area contributed by atoms with Crippen molar-refractivity contribution < 1.29 is 14.3 Å². The fourth-order valence-electron chi connectivity index (χ4n) is 1.94. The van der Waals surface area contributed by atoms with Crippen molar-refractivity contribution in [3.63, 3.8) is 0 Å². The van der Waals surface area contributed by atoms with Crippen molar-refractivity contribution in [3.8, 4) is 5.75 Å². The van der Waals surface area contributed by atoms with Gasteiger partial charge < -0.3 is 14.8 Å². The maximum absolute atomic E-state index is 12.0. The molecule has 5 heteroatoms. The van der Waals surface area contributed by atoms with Gasteiger partial charge in [-0.1, -0.05) is 0 Å². The summed E-state index contributed by atoms with van der Waals surface area (Å²) in [5.41, 5.74) is 0.697. The average molecular weight is 314 g/mol. The number of carbonyl (C=O) groups is 1. The highest BCUT2D eigenvalue weighted by atomic mass is 79.9. The molecule has 0 radical (unpaired) electrons. The van der Waals surface area contributed by atoms with Crippen LogP contribution in [0.15, 0.2) is 22.7 Å². The maximum Gasteiger partial charge on any atom is 0.253 e. The fraction of sp³-hybridized carbons (Fsp3) is 0.462. The molecule has 1 aromatic carbocycles. The largest absolute Gasteiger partial charge is 0.497 e. The van der Waals surface area contributed by atoms with Gasteiger partial charge in [-0.05, 0) is 47.8 Å². The first-order chi connectivity index (χ1) is 8.60. The van der Waals surface area contributed by atoms with Gasteiger partial charge in [0.05, 0.1) is 18.9 Å². The zero-order valence-corrected chi connectivity index (χ0v) is 12.0. The number of amides is 1. The predicted octanol–water partition coefficient (Wildman–Crippen LogP) is 2.96. The molecule has 18 heavy (non-hydrogen) atoms. The van der Waals surface area contributed by atoms with E-state index < -0.39 is 0 Å². The lowest BCUT2D eigenvalue weighted by Gasteiger charge is -2.13. The molecule has 4 nitrogen and oxygen atoms in total. The van der Waals surface area contributed by atoms with E-state index >= 15 is 0 Å². The molecule has 0 aliphatic carbocycles. The minimum absolute atomic E-state index is 0.103. The molecule has 1 amide bonds. The van der Waals surface area contributed by atoms with Crippen LogP contribution in [0.5, 0.6) is 5.75 Å². The molecule has 1 heterocycles. The van der Waals surface area contributed by atoms with Crippen LogP contribution in [0, 0.1) is 0 Å². The van der Waals surface area contributed by atoms with E-state index in [-0.39, 0.29) is 18.1 Å². The SMILES string of the molecule is COc1ccc(Br)c(NC(=O)C2CCC(C)O2)c1. The zero-order valence-electron chi connectivity index (χ0n) is 10.4. The molecule has 1 saturated heterocycles. The van der Waals surface area contributed by atoms with Crippen molar-refractivity contribution in [1.29, 1.82) is 0 Å². The first-order valence-electron chi connectivity index (χ1n) is 5.90. The second kappa shape index (κ2) is 5.71. The maximum atomic E-state index is 12.0. The summed E-state index contributed by atoms with van der Waals surface area (Å²) < 4.78 is 11.5. The Hall–Kier alpha value is -1.07. The van der Waals surface area contributed by atoms with Gasteiger partial charge in [0.15, 0.2) is 0 Å². The number of anilines is 1. The number of carbonyl (C=O) groups excluding carboxylic acids is 1. The van der Waals surface area contributed by atoms with Crippen LogP contribution in [0.3, 0.4) is 0 Å². The quantitative estimate of drug-likeness (QED) is 0.933. The summed E-state index contributed by atoms with van der Waals surface area (Å²) >= 11 is 3.40. The van der Waals surface area contributed by atoms with E-state index in [1.807, 2.05) is 19.1 Å². The van der Waals surface area contributed by atoms with Crippen LogP contribution < -0.4 is 10.1 Å². The van der Waals surface area contributed by atoms with Gasteiger partial charge >= 0.3 is 0 Å². The molecular formula is C13H16BrNO3. The average Bonchev–Trinajstić information content (AvgIpc) is 2.79. The Balaban J connectivity index is 2.06. The number of nitrogens with one attached hydrogen (secondary N) is 1. The number of methoxy groups -OCH3 is 1. The van der Waals surface area contributed by atoms with Gasteiger partial charge in [-0.25, -0.2) is 0 Å². The van der Waals surface area contributed by atoms with E-state index in [1.165, 1.54) is 0 Å². The second-order valence-corrected chi connectivity index (χ2v) is 5.20. The van der Waals surface area contributed by atoms with Crippen molar-refractivity contribution in [1.82, 2.24) is 0 Å². The Morgan fingerprint density at radius 1 is 1.50 bits per heavy atom. The van der Waals surface area contributed by atoms with Crippen LogP contribution in [-0.2, 0) is 9.53 Å². The van der Waals surface area contributed by atoms with E-state index in [0.29, 0.717) is 11.4 Å². The molecule has 0 bridgehead atoms. The number of benzene rings is 1. The smallest absolute Gasteiger partial charge is 0.253 e. The lowest BCUT2D eigenvalue weighted by molar-refractivity contribution is -0.126. The summed E-state index contributed by atoms with van der Waals surface area (Å²) in [6, 6.07) is 5.45. The molecule has 1 aliphatic rings. The standard InChI is InChI=1S/C13H16BrNO3/c1-8-3-6-12(18-8)13(16)15-11-7-9(17-2)4-5-10(11)14/h4-5,7-8,12H,3,6H2,1-2H3,(H,15,16). The molecule has 1 N–H and O–H groups in total. The van der Waals surface area contributed by atoms with Crippen molar-refractivity contribution in [2.75, 3.05) is 12.4 Å². The van der Waals surface area contributed by atoms with Crippen LogP contribution in [-0.4, -0.2) is 25.2 Å². The summed E-state index contributed by atoms with van der Waals surface area (Å²) in [7, 11) is 1.59. The van der Waals surface area contributed by atoms with Gasteiger partial charge in [0.2, 0.25) is 0 Å². The number of hydrogen-bond donors (Lipinski definition) is 1. The molecule has 1 aromatic rings. The van der Waals surface area contributed by atoms with Crippen molar-refractivity contribution in [3.05, 3.63) is 22.7 Å². The highest BCUT2D eigenvalue weighted by molar-refractivity contribution is 9.10. The van der Waals surface area contributed by atoms with E-state index in [2.05, 4.69) is 21.2 Å². The molecule has 98 valence electrons. The third-order valence-corrected chi connectivity index (χ3v) is 3.65. The molecule has 1 aliphatic heterocycles. The van der Waals surface area contributed by atoms with E-state index in [4.69, 9.17) is 9.47 Å². The van der Waals surface area contributed by atoms with E-state index in [1.54, 1.807) is 13.2 Å². The second-order valence-electron chi connectivity index (χ2n) is 4.35. The summed E-state index contributed by atoms with van der Waals surface area (Å²) in [6.07, 6.45) is 1.51. The highest BCUT2D eigenvalue weighted by Crippen LogP contribution is 2.28. The minimum atomic E-state index is -0.349. The summed E-state index contributed by atoms with van der Waals surface area (Å²) in [5, 5.41) is 2.86. The van der Waals surface area contributed by atoms with Gasteiger partial charge in [0, 0.05) is 10.5 Å².